The van der Waals surface area contributed by atoms with Gasteiger partial charge in [-0.15, -0.1) is 0 Å². The molecule has 100 valence electrons. The van der Waals surface area contributed by atoms with E-state index in [0.717, 1.165) is 11.2 Å². The van der Waals surface area contributed by atoms with Crippen molar-refractivity contribution in [2.24, 2.45) is 0 Å². The second kappa shape index (κ2) is 5.05. The molecule has 2 heterocycles. The highest BCUT2D eigenvalue weighted by Gasteiger charge is 2.04. The van der Waals surface area contributed by atoms with Crippen LogP contribution in [0, 0.1) is 0 Å². The van der Waals surface area contributed by atoms with E-state index in [1.54, 1.807) is 12.3 Å². The van der Waals surface area contributed by atoms with E-state index in [1.165, 1.54) is 5.56 Å². The molecule has 2 aromatic heterocycles. The van der Waals surface area contributed by atoms with Gasteiger partial charge in [-0.05, 0) is 11.6 Å². The molecule has 5 N–H and O–H groups in total. The van der Waals surface area contributed by atoms with E-state index < -0.39 is 0 Å². The predicted molar refractivity (Wildman–Crippen MR) is 82.1 cm³/mol. The Morgan fingerprint density at radius 1 is 1.05 bits per heavy atom. The monoisotopic (exact) mass is 265 g/mol. The Labute approximate surface area is 116 Å². The summed E-state index contributed by atoms with van der Waals surface area (Å²) < 4.78 is 0. The number of anilines is 3. The lowest BCUT2D eigenvalue weighted by Crippen LogP contribution is -2.02. The van der Waals surface area contributed by atoms with Crippen LogP contribution in [0.1, 0.15) is 5.56 Å². The number of rotatable bonds is 3. The fourth-order valence-electron chi connectivity index (χ4n) is 2.06. The van der Waals surface area contributed by atoms with Crippen molar-refractivity contribution >= 4 is 28.2 Å². The van der Waals surface area contributed by atoms with Crippen molar-refractivity contribution < 1.29 is 0 Å². The Hall–Kier alpha value is -2.82. The number of nitrogens with one attached hydrogen (secondary N) is 1. The highest BCUT2D eigenvalue weighted by atomic mass is 15.0. The summed E-state index contributed by atoms with van der Waals surface area (Å²) in [6.07, 6.45) is 1.68. The molecule has 0 aliphatic carbocycles. The molecule has 0 bridgehead atoms. The molecule has 5 heteroatoms. The van der Waals surface area contributed by atoms with Gasteiger partial charge in [-0.1, -0.05) is 30.3 Å². The summed E-state index contributed by atoms with van der Waals surface area (Å²) in [5.41, 5.74) is 14.1. The molecule has 0 saturated carbocycles. The van der Waals surface area contributed by atoms with E-state index >= 15 is 0 Å². The van der Waals surface area contributed by atoms with Gasteiger partial charge in [0.1, 0.15) is 11.6 Å². The SMILES string of the molecule is Nc1cc(N)c2cc(NCc3ccccc3)ncc2n1. The molecule has 0 atom stereocenters. The topological polar surface area (TPSA) is 89.8 Å². The van der Waals surface area contributed by atoms with E-state index in [9.17, 15) is 0 Å². The maximum Gasteiger partial charge on any atom is 0.126 e. The van der Waals surface area contributed by atoms with Gasteiger partial charge in [0, 0.05) is 23.7 Å². The summed E-state index contributed by atoms with van der Waals surface area (Å²) in [7, 11) is 0. The van der Waals surface area contributed by atoms with Gasteiger partial charge in [0.15, 0.2) is 0 Å². The minimum absolute atomic E-state index is 0.404. The fraction of sp³-hybridized carbons (Fsp3) is 0.0667. The van der Waals surface area contributed by atoms with E-state index in [0.29, 0.717) is 23.6 Å². The molecule has 0 unspecified atom stereocenters. The van der Waals surface area contributed by atoms with Crippen LogP contribution in [0.5, 0.6) is 0 Å². The molecule has 0 aliphatic rings. The summed E-state index contributed by atoms with van der Waals surface area (Å²) in [6, 6.07) is 13.7. The van der Waals surface area contributed by atoms with Gasteiger partial charge in [-0.3, -0.25) is 0 Å². The van der Waals surface area contributed by atoms with Crippen LogP contribution < -0.4 is 16.8 Å². The summed E-state index contributed by atoms with van der Waals surface area (Å²) in [5.74, 6) is 1.17. The molecule has 0 radical (unpaired) electrons. The highest BCUT2D eigenvalue weighted by Crippen LogP contribution is 2.23. The maximum atomic E-state index is 5.96. The van der Waals surface area contributed by atoms with E-state index in [2.05, 4.69) is 27.4 Å². The largest absolute Gasteiger partial charge is 0.398 e. The second-order valence-corrected chi connectivity index (χ2v) is 4.56. The van der Waals surface area contributed by atoms with Crippen molar-refractivity contribution in [2.75, 3.05) is 16.8 Å². The van der Waals surface area contributed by atoms with Gasteiger partial charge in [-0.25, -0.2) is 9.97 Å². The molecule has 0 spiro atoms. The van der Waals surface area contributed by atoms with Crippen LogP contribution in [-0.2, 0) is 6.54 Å². The van der Waals surface area contributed by atoms with E-state index in [4.69, 9.17) is 11.5 Å². The van der Waals surface area contributed by atoms with Crippen LogP contribution in [-0.4, -0.2) is 9.97 Å². The first-order valence-corrected chi connectivity index (χ1v) is 6.32. The minimum atomic E-state index is 0.404. The van der Waals surface area contributed by atoms with E-state index in [1.807, 2.05) is 24.3 Å². The van der Waals surface area contributed by atoms with Crippen molar-refractivity contribution in [2.45, 2.75) is 6.54 Å². The average Bonchev–Trinajstić information content (AvgIpc) is 2.46. The number of nitrogen functional groups attached to an aromatic ring is 2. The molecule has 0 saturated heterocycles. The van der Waals surface area contributed by atoms with Gasteiger partial charge in [0.2, 0.25) is 0 Å². The summed E-state index contributed by atoms with van der Waals surface area (Å²) in [6.45, 7) is 0.710. The van der Waals surface area contributed by atoms with Crippen molar-refractivity contribution in [1.29, 1.82) is 0 Å². The molecule has 3 rings (SSSR count). The zero-order valence-corrected chi connectivity index (χ0v) is 10.9. The Morgan fingerprint density at radius 3 is 2.65 bits per heavy atom. The van der Waals surface area contributed by atoms with Crippen molar-refractivity contribution in [3.05, 3.63) is 54.2 Å². The first kappa shape index (κ1) is 12.2. The van der Waals surface area contributed by atoms with Crippen molar-refractivity contribution in [1.82, 2.24) is 9.97 Å². The van der Waals surface area contributed by atoms with Crippen LogP contribution in [0.25, 0.3) is 10.9 Å². The molecule has 0 amide bonds. The lowest BCUT2D eigenvalue weighted by Gasteiger charge is -2.08. The molecule has 20 heavy (non-hydrogen) atoms. The van der Waals surface area contributed by atoms with Crippen LogP contribution in [0.4, 0.5) is 17.3 Å². The molecule has 0 aliphatic heterocycles. The lowest BCUT2D eigenvalue weighted by molar-refractivity contribution is 1.11. The van der Waals surface area contributed by atoms with Crippen LogP contribution in [0.3, 0.4) is 0 Å². The Balaban J connectivity index is 1.86. The highest BCUT2D eigenvalue weighted by molar-refractivity contribution is 5.92. The molecule has 0 fully saturated rings. The molecule has 3 aromatic rings. The number of nitrogens with zero attached hydrogens (tertiary/aromatic N) is 2. The maximum absolute atomic E-state index is 5.96. The first-order valence-electron chi connectivity index (χ1n) is 6.32. The number of pyridine rings is 2. The predicted octanol–water partition coefficient (Wildman–Crippen LogP) is 2.41. The Bertz CT molecular complexity index is 740. The summed E-state index contributed by atoms with van der Waals surface area (Å²) in [4.78, 5) is 8.52. The number of hydrogen-bond donors (Lipinski definition) is 3. The minimum Gasteiger partial charge on any atom is -0.398 e. The average molecular weight is 265 g/mol. The zero-order valence-electron chi connectivity index (χ0n) is 10.9. The Kier molecular flexibility index (Phi) is 3.09. The molecular weight excluding hydrogens is 250 g/mol. The summed E-state index contributed by atoms with van der Waals surface area (Å²) >= 11 is 0. The smallest absolute Gasteiger partial charge is 0.126 e. The van der Waals surface area contributed by atoms with Gasteiger partial charge in [0.25, 0.3) is 0 Å². The van der Waals surface area contributed by atoms with Crippen LogP contribution >= 0.6 is 0 Å². The Morgan fingerprint density at radius 2 is 1.85 bits per heavy atom. The third kappa shape index (κ3) is 2.47. The number of nitrogens with two attached hydrogens (primary N) is 2. The summed E-state index contributed by atoms with van der Waals surface area (Å²) in [5, 5.41) is 4.12. The first-order chi connectivity index (χ1) is 9.72. The number of aromatic nitrogens is 2. The third-order valence-corrected chi connectivity index (χ3v) is 3.06. The van der Waals surface area contributed by atoms with Gasteiger partial charge in [-0.2, -0.15) is 0 Å². The quantitative estimate of drug-likeness (QED) is 0.676. The fourth-order valence-corrected chi connectivity index (χ4v) is 2.06. The normalized spacial score (nSPS) is 10.6. The van der Waals surface area contributed by atoms with E-state index in [-0.39, 0.29) is 0 Å². The number of hydrogen-bond acceptors (Lipinski definition) is 5. The van der Waals surface area contributed by atoms with Crippen molar-refractivity contribution in [3.8, 4) is 0 Å². The molecule has 1 aromatic carbocycles. The van der Waals surface area contributed by atoms with Gasteiger partial charge < -0.3 is 16.8 Å². The number of benzene rings is 1. The molecule has 5 nitrogen and oxygen atoms in total. The second-order valence-electron chi connectivity index (χ2n) is 4.56. The zero-order chi connectivity index (χ0) is 13.9. The van der Waals surface area contributed by atoms with Gasteiger partial charge in [0.05, 0.1) is 11.7 Å². The van der Waals surface area contributed by atoms with Crippen LogP contribution in [0.2, 0.25) is 0 Å². The molecular formula is C15H15N5. The lowest BCUT2D eigenvalue weighted by atomic mass is 10.2. The van der Waals surface area contributed by atoms with Crippen molar-refractivity contribution in [3.63, 3.8) is 0 Å². The third-order valence-electron chi connectivity index (χ3n) is 3.06. The van der Waals surface area contributed by atoms with Gasteiger partial charge >= 0.3 is 0 Å². The standard InChI is InChI=1S/C15H15N5/c16-12-7-14(17)20-13-9-19-15(6-11(12)13)18-8-10-4-2-1-3-5-10/h1-7,9H,8H2,(H,18,19)(H4,16,17,20). The number of fused-ring (bicyclic) bond motifs is 1. The van der Waals surface area contributed by atoms with Crippen LogP contribution in [0.15, 0.2) is 48.7 Å².